The number of aromatic hydroxyl groups is 1. The SMILES string of the molecule is Cc1cccc(NC(=O)CNC(=O)CN2CCN(c3ccc(O)cc3)CC2)c1C. The molecule has 0 saturated carbocycles. The first-order valence-electron chi connectivity index (χ1n) is 9.81. The molecule has 1 aliphatic heterocycles. The van der Waals surface area contributed by atoms with Gasteiger partial charge in [-0.25, -0.2) is 0 Å². The molecule has 2 aromatic rings. The van der Waals surface area contributed by atoms with Gasteiger partial charge in [-0.15, -0.1) is 0 Å². The Labute approximate surface area is 171 Å². The lowest BCUT2D eigenvalue weighted by Crippen LogP contribution is -2.50. The highest BCUT2D eigenvalue weighted by Gasteiger charge is 2.19. The molecule has 29 heavy (non-hydrogen) atoms. The van der Waals surface area contributed by atoms with Crippen LogP contribution in [0.4, 0.5) is 11.4 Å². The van der Waals surface area contributed by atoms with E-state index in [2.05, 4.69) is 20.4 Å². The summed E-state index contributed by atoms with van der Waals surface area (Å²) in [5, 5.41) is 14.9. The quantitative estimate of drug-likeness (QED) is 0.694. The number of piperazine rings is 1. The molecule has 7 nitrogen and oxygen atoms in total. The Balaban J connectivity index is 1.39. The van der Waals surface area contributed by atoms with E-state index in [0.29, 0.717) is 0 Å². The van der Waals surface area contributed by atoms with Crippen molar-refractivity contribution in [3.05, 3.63) is 53.6 Å². The first kappa shape index (κ1) is 20.7. The van der Waals surface area contributed by atoms with E-state index in [1.165, 1.54) is 0 Å². The molecule has 2 amide bonds. The number of hydrogen-bond donors (Lipinski definition) is 3. The number of rotatable bonds is 6. The molecule has 3 rings (SSSR count). The number of nitrogens with zero attached hydrogens (tertiary/aromatic N) is 2. The average molecular weight is 396 g/mol. The second-order valence-electron chi connectivity index (χ2n) is 7.35. The number of amides is 2. The van der Waals surface area contributed by atoms with E-state index >= 15 is 0 Å². The van der Waals surface area contributed by atoms with Gasteiger partial charge in [-0.3, -0.25) is 14.5 Å². The zero-order valence-corrected chi connectivity index (χ0v) is 16.9. The first-order valence-corrected chi connectivity index (χ1v) is 9.81. The number of nitrogens with one attached hydrogen (secondary N) is 2. The molecule has 0 bridgehead atoms. The lowest BCUT2D eigenvalue weighted by Gasteiger charge is -2.35. The molecule has 0 unspecified atom stereocenters. The lowest BCUT2D eigenvalue weighted by molar-refractivity contribution is -0.125. The minimum Gasteiger partial charge on any atom is -0.508 e. The summed E-state index contributed by atoms with van der Waals surface area (Å²) in [4.78, 5) is 28.6. The van der Waals surface area contributed by atoms with Crippen molar-refractivity contribution in [1.29, 1.82) is 0 Å². The Kier molecular flexibility index (Phi) is 6.72. The van der Waals surface area contributed by atoms with Crippen molar-refractivity contribution in [2.24, 2.45) is 0 Å². The molecule has 1 aliphatic rings. The summed E-state index contributed by atoms with van der Waals surface area (Å²) in [6.45, 7) is 7.34. The second kappa shape index (κ2) is 9.43. The lowest BCUT2D eigenvalue weighted by atomic mass is 10.1. The third kappa shape index (κ3) is 5.71. The summed E-state index contributed by atoms with van der Waals surface area (Å²) in [5.41, 5.74) is 3.97. The van der Waals surface area contributed by atoms with E-state index in [9.17, 15) is 14.7 Å². The van der Waals surface area contributed by atoms with Gasteiger partial charge in [-0.05, 0) is 55.3 Å². The van der Waals surface area contributed by atoms with Crippen molar-refractivity contribution in [2.45, 2.75) is 13.8 Å². The standard InChI is InChI=1S/C22H28N4O3/c1-16-4-3-5-20(17(16)2)24-21(28)14-23-22(29)15-25-10-12-26(13-11-25)18-6-8-19(27)9-7-18/h3-9,27H,10-15H2,1-2H3,(H,23,29)(H,24,28). The van der Waals surface area contributed by atoms with Gasteiger partial charge in [0.15, 0.2) is 0 Å². The molecule has 0 atom stereocenters. The van der Waals surface area contributed by atoms with Crippen LogP contribution in [-0.4, -0.2) is 61.1 Å². The van der Waals surface area contributed by atoms with Crippen LogP contribution in [-0.2, 0) is 9.59 Å². The van der Waals surface area contributed by atoms with Crippen LogP contribution in [0.2, 0.25) is 0 Å². The highest BCUT2D eigenvalue weighted by atomic mass is 16.3. The summed E-state index contributed by atoms with van der Waals surface area (Å²) >= 11 is 0. The van der Waals surface area contributed by atoms with Crippen LogP contribution in [0, 0.1) is 13.8 Å². The number of carbonyl (C=O) groups excluding carboxylic acids is 2. The van der Waals surface area contributed by atoms with Crippen molar-refractivity contribution in [1.82, 2.24) is 10.2 Å². The van der Waals surface area contributed by atoms with Crippen LogP contribution >= 0.6 is 0 Å². The second-order valence-corrected chi connectivity index (χ2v) is 7.35. The molecular formula is C22H28N4O3. The summed E-state index contributed by atoms with van der Waals surface area (Å²) < 4.78 is 0. The fourth-order valence-electron chi connectivity index (χ4n) is 3.35. The Hall–Kier alpha value is -3.06. The van der Waals surface area contributed by atoms with Gasteiger partial charge in [0.25, 0.3) is 0 Å². The Morgan fingerprint density at radius 1 is 0.966 bits per heavy atom. The van der Waals surface area contributed by atoms with Gasteiger partial charge in [0.1, 0.15) is 5.75 Å². The number of phenolic OH excluding ortho intramolecular Hbond substituents is 1. The van der Waals surface area contributed by atoms with E-state index in [0.717, 1.165) is 48.7 Å². The summed E-state index contributed by atoms with van der Waals surface area (Å²) in [7, 11) is 0. The third-order valence-electron chi connectivity index (χ3n) is 5.28. The van der Waals surface area contributed by atoms with Crippen molar-refractivity contribution in [2.75, 3.05) is 49.5 Å². The average Bonchev–Trinajstić information content (AvgIpc) is 2.71. The van der Waals surface area contributed by atoms with Crippen LogP contribution in [0.3, 0.4) is 0 Å². The van der Waals surface area contributed by atoms with Gasteiger partial charge >= 0.3 is 0 Å². The summed E-state index contributed by atoms with van der Waals surface area (Å²) in [6.07, 6.45) is 0. The third-order valence-corrected chi connectivity index (χ3v) is 5.28. The number of carbonyl (C=O) groups is 2. The topological polar surface area (TPSA) is 84.9 Å². The highest BCUT2D eigenvalue weighted by Crippen LogP contribution is 2.20. The van der Waals surface area contributed by atoms with Crippen LogP contribution in [0.25, 0.3) is 0 Å². The molecule has 3 N–H and O–H groups in total. The maximum absolute atomic E-state index is 12.2. The number of phenols is 1. The van der Waals surface area contributed by atoms with Gasteiger partial charge in [-0.2, -0.15) is 0 Å². The molecule has 0 spiro atoms. The molecule has 2 aromatic carbocycles. The summed E-state index contributed by atoms with van der Waals surface area (Å²) in [6, 6.07) is 12.9. The van der Waals surface area contributed by atoms with Crippen molar-refractivity contribution in [3.8, 4) is 5.75 Å². The zero-order valence-electron chi connectivity index (χ0n) is 16.9. The van der Waals surface area contributed by atoms with Crippen LogP contribution < -0.4 is 15.5 Å². The molecule has 0 radical (unpaired) electrons. The summed E-state index contributed by atoms with van der Waals surface area (Å²) in [5.74, 6) is -0.131. The fourth-order valence-corrected chi connectivity index (χ4v) is 3.35. The van der Waals surface area contributed by atoms with Crippen molar-refractivity contribution >= 4 is 23.2 Å². The largest absolute Gasteiger partial charge is 0.508 e. The molecule has 1 fully saturated rings. The molecule has 1 saturated heterocycles. The van der Waals surface area contributed by atoms with Gasteiger partial charge in [-0.1, -0.05) is 12.1 Å². The van der Waals surface area contributed by atoms with Gasteiger partial charge in [0.05, 0.1) is 13.1 Å². The molecule has 7 heteroatoms. The minimum atomic E-state index is -0.232. The van der Waals surface area contributed by atoms with Gasteiger partial charge < -0.3 is 20.6 Å². The normalized spacial score (nSPS) is 14.5. The number of hydrogen-bond acceptors (Lipinski definition) is 5. The van der Waals surface area contributed by atoms with E-state index in [1.54, 1.807) is 12.1 Å². The zero-order chi connectivity index (χ0) is 20.8. The number of benzene rings is 2. The van der Waals surface area contributed by atoms with E-state index < -0.39 is 0 Å². The van der Waals surface area contributed by atoms with E-state index in [4.69, 9.17) is 0 Å². The Morgan fingerprint density at radius 3 is 2.34 bits per heavy atom. The molecular weight excluding hydrogens is 368 g/mol. The molecule has 0 aliphatic carbocycles. The Bertz CT molecular complexity index is 859. The minimum absolute atomic E-state index is 0.0420. The van der Waals surface area contributed by atoms with Gasteiger partial charge in [0, 0.05) is 37.6 Å². The molecule has 1 heterocycles. The maximum Gasteiger partial charge on any atom is 0.243 e. The Morgan fingerprint density at radius 2 is 1.66 bits per heavy atom. The van der Waals surface area contributed by atoms with Crippen LogP contribution in [0.1, 0.15) is 11.1 Å². The van der Waals surface area contributed by atoms with E-state index in [1.807, 2.05) is 44.2 Å². The smallest absolute Gasteiger partial charge is 0.243 e. The van der Waals surface area contributed by atoms with Crippen LogP contribution in [0.15, 0.2) is 42.5 Å². The van der Waals surface area contributed by atoms with E-state index in [-0.39, 0.29) is 30.7 Å². The molecule has 154 valence electrons. The predicted molar refractivity (Wildman–Crippen MR) is 114 cm³/mol. The molecule has 0 aromatic heterocycles. The maximum atomic E-state index is 12.2. The van der Waals surface area contributed by atoms with Crippen molar-refractivity contribution in [3.63, 3.8) is 0 Å². The predicted octanol–water partition coefficient (Wildman–Crippen LogP) is 1.89. The van der Waals surface area contributed by atoms with Crippen molar-refractivity contribution < 1.29 is 14.7 Å². The fraction of sp³-hybridized carbons (Fsp3) is 0.364. The monoisotopic (exact) mass is 396 g/mol. The first-order chi connectivity index (χ1) is 13.9. The number of anilines is 2. The van der Waals surface area contributed by atoms with Crippen LogP contribution in [0.5, 0.6) is 5.75 Å². The van der Waals surface area contributed by atoms with Gasteiger partial charge in [0.2, 0.25) is 11.8 Å². The number of aryl methyl sites for hydroxylation is 1. The highest BCUT2D eigenvalue weighted by molar-refractivity contribution is 5.95.